The second-order valence-corrected chi connectivity index (χ2v) is 5.27. The van der Waals surface area contributed by atoms with Gasteiger partial charge in [0.2, 0.25) is 0 Å². The van der Waals surface area contributed by atoms with Gasteiger partial charge < -0.3 is 9.47 Å². The predicted molar refractivity (Wildman–Crippen MR) is 86.4 cm³/mol. The molecule has 1 aliphatic carbocycles. The van der Waals surface area contributed by atoms with Gasteiger partial charge in [0.05, 0.1) is 14.2 Å². The molecule has 0 fully saturated rings. The third-order valence-corrected chi connectivity index (χ3v) is 4.09. The maximum atomic E-state index is 11.5. The summed E-state index contributed by atoms with van der Waals surface area (Å²) in [5.74, 6) is 1.61. The van der Waals surface area contributed by atoms with Crippen molar-refractivity contribution in [1.82, 2.24) is 0 Å². The van der Waals surface area contributed by atoms with Crippen molar-refractivity contribution in [2.45, 2.75) is 12.8 Å². The Balaban J connectivity index is 2.17. The van der Waals surface area contributed by atoms with Gasteiger partial charge >= 0.3 is 0 Å². The van der Waals surface area contributed by atoms with Crippen LogP contribution in [0.1, 0.15) is 23.1 Å². The fraction of sp³-hybridized carbons (Fsp3) is 0.211. The number of fused-ring (bicyclic) bond motifs is 1. The molecule has 1 aliphatic rings. The Labute approximate surface area is 130 Å². The van der Waals surface area contributed by atoms with Crippen LogP contribution in [0.4, 0.5) is 0 Å². The van der Waals surface area contributed by atoms with Crippen LogP contribution < -0.4 is 9.47 Å². The highest BCUT2D eigenvalue weighted by atomic mass is 16.5. The number of aldehydes is 1. The minimum absolute atomic E-state index is 0.768. The molecule has 0 unspecified atom stereocenters. The summed E-state index contributed by atoms with van der Waals surface area (Å²) in [5.41, 5.74) is 5.19. The van der Waals surface area contributed by atoms with Gasteiger partial charge in [-0.1, -0.05) is 18.2 Å². The summed E-state index contributed by atoms with van der Waals surface area (Å²) < 4.78 is 10.5. The van der Waals surface area contributed by atoms with E-state index < -0.39 is 0 Å². The Bertz CT molecular complexity index is 727. The van der Waals surface area contributed by atoms with Crippen LogP contribution in [0.3, 0.4) is 0 Å². The Kier molecular flexibility index (Phi) is 3.96. The number of allylic oxidation sites excluding steroid dienone is 1. The van der Waals surface area contributed by atoms with Gasteiger partial charge in [-0.25, -0.2) is 0 Å². The Morgan fingerprint density at radius 3 is 2.23 bits per heavy atom. The van der Waals surface area contributed by atoms with Crippen molar-refractivity contribution in [2.75, 3.05) is 14.2 Å². The first-order valence-corrected chi connectivity index (χ1v) is 7.27. The first-order valence-electron chi connectivity index (χ1n) is 7.27. The van der Waals surface area contributed by atoms with E-state index in [1.54, 1.807) is 14.2 Å². The van der Waals surface area contributed by atoms with Crippen LogP contribution in [0.5, 0.6) is 11.5 Å². The topological polar surface area (TPSA) is 35.5 Å². The first-order chi connectivity index (χ1) is 10.8. The molecule has 0 amide bonds. The molecule has 112 valence electrons. The molecule has 0 radical (unpaired) electrons. The number of carbonyl (C=O) groups excluding carboxylic acids is 1. The molecular formula is C19H18O3. The van der Waals surface area contributed by atoms with Crippen molar-refractivity contribution in [3.63, 3.8) is 0 Å². The third kappa shape index (κ3) is 2.50. The molecule has 3 rings (SSSR count). The average molecular weight is 294 g/mol. The van der Waals surface area contributed by atoms with Crippen molar-refractivity contribution in [3.05, 3.63) is 64.7 Å². The Morgan fingerprint density at radius 1 is 0.909 bits per heavy atom. The number of aryl methyl sites for hydroxylation is 1. The molecule has 0 heterocycles. The molecule has 0 N–H and O–H groups in total. The largest absolute Gasteiger partial charge is 0.497 e. The molecule has 0 saturated carbocycles. The van der Waals surface area contributed by atoms with Crippen molar-refractivity contribution in [1.29, 1.82) is 0 Å². The van der Waals surface area contributed by atoms with Gasteiger partial charge in [0.1, 0.15) is 17.8 Å². The van der Waals surface area contributed by atoms with Gasteiger partial charge in [0, 0.05) is 5.57 Å². The molecule has 0 saturated heterocycles. The number of ether oxygens (including phenoxy) is 2. The Morgan fingerprint density at radius 2 is 1.59 bits per heavy atom. The summed E-state index contributed by atoms with van der Waals surface area (Å²) in [6.07, 6.45) is 2.62. The summed E-state index contributed by atoms with van der Waals surface area (Å²) >= 11 is 0. The maximum Gasteiger partial charge on any atom is 0.146 e. The van der Waals surface area contributed by atoms with Gasteiger partial charge in [-0.2, -0.15) is 0 Å². The zero-order valence-corrected chi connectivity index (χ0v) is 12.8. The van der Waals surface area contributed by atoms with Gasteiger partial charge in [-0.3, -0.25) is 4.79 Å². The molecule has 0 bridgehead atoms. The van der Waals surface area contributed by atoms with E-state index in [9.17, 15) is 4.79 Å². The predicted octanol–water partition coefficient (Wildman–Crippen LogP) is 3.65. The minimum Gasteiger partial charge on any atom is -0.497 e. The molecular weight excluding hydrogens is 276 g/mol. The van der Waals surface area contributed by atoms with Crippen LogP contribution in [0.2, 0.25) is 0 Å². The number of benzene rings is 2. The van der Waals surface area contributed by atoms with Crippen molar-refractivity contribution in [3.8, 4) is 11.5 Å². The van der Waals surface area contributed by atoms with Gasteiger partial charge in [0.25, 0.3) is 0 Å². The van der Waals surface area contributed by atoms with Gasteiger partial charge in [-0.15, -0.1) is 0 Å². The summed E-state index contributed by atoms with van der Waals surface area (Å²) in [4.78, 5) is 11.5. The smallest absolute Gasteiger partial charge is 0.146 e. The van der Waals surface area contributed by atoms with Crippen molar-refractivity contribution in [2.24, 2.45) is 0 Å². The zero-order valence-electron chi connectivity index (χ0n) is 12.8. The lowest BCUT2D eigenvalue weighted by Gasteiger charge is -2.22. The number of rotatable bonds is 4. The lowest BCUT2D eigenvalue weighted by Crippen LogP contribution is -2.07. The third-order valence-electron chi connectivity index (χ3n) is 4.09. The molecule has 2 aromatic carbocycles. The van der Waals surface area contributed by atoms with Crippen LogP contribution >= 0.6 is 0 Å². The lowest BCUT2D eigenvalue weighted by molar-refractivity contribution is -0.105. The number of hydrogen-bond acceptors (Lipinski definition) is 3. The van der Waals surface area contributed by atoms with E-state index in [-0.39, 0.29) is 0 Å². The molecule has 0 aromatic heterocycles. The second-order valence-electron chi connectivity index (χ2n) is 5.27. The molecule has 22 heavy (non-hydrogen) atoms. The molecule has 3 nitrogen and oxygen atoms in total. The Hall–Kier alpha value is -2.55. The highest BCUT2D eigenvalue weighted by molar-refractivity contribution is 5.97. The van der Waals surface area contributed by atoms with Crippen LogP contribution in [-0.2, 0) is 11.2 Å². The van der Waals surface area contributed by atoms with Crippen LogP contribution in [0.25, 0.3) is 5.57 Å². The second kappa shape index (κ2) is 6.06. The molecule has 0 aliphatic heterocycles. The van der Waals surface area contributed by atoms with E-state index in [2.05, 4.69) is 6.07 Å². The van der Waals surface area contributed by atoms with Gasteiger partial charge in [-0.05, 0) is 59.4 Å². The highest BCUT2D eigenvalue weighted by Gasteiger charge is 2.20. The molecule has 0 atom stereocenters. The monoisotopic (exact) mass is 294 g/mol. The summed E-state index contributed by atoms with van der Waals surface area (Å²) in [6.45, 7) is 0. The first kappa shape index (κ1) is 14.4. The molecule has 0 spiro atoms. The number of carbonyl (C=O) groups is 1. The highest BCUT2D eigenvalue weighted by Crippen LogP contribution is 2.37. The zero-order chi connectivity index (χ0) is 15.5. The van der Waals surface area contributed by atoms with Crippen LogP contribution in [-0.4, -0.2) is 20.5 Å². The van der Waals surface area contributed by atoms with E-state index in [0.717, 1.165) is 52.9 Å². The van der Waals surface area contributed by atoms with Crippen molar-refractivity contribution < 1.29 is 14.3 Å². The molecule has 2 aromatic rings. The van der Waals surface area contributed by atoms with E-state index in [1.807, 2.05) is 36.4 Å². The normalized spacial score (nSPS) is 13.5. The van der Waals surface area contributed by atoms with E-state index in [1.165, 1.54) is 5.56 Å². The van der Waals surface area contributed by atoms with E-state index in [0.29, 0.717) is 0 Å². The quantitative estimate of drug-likeness (QED) is 0.807. The summed E-state index contributed by atoms with van der Waals surface area (Å²) in [6, 6.07) is 13.9. The van der Waals surface area contributed by atoms with Crippen molar-refractivity contribution >= 4 is 11.9 Å². The SMILES string of the molecule is COc1ccc(C2=C(C=O)CCc3ccc(OC)cc32)cc1. The summed E-state index contributed by atoms with van der Waals surface area (Å²) in [5, 5.41) is 0. The van der Waals surface area contributed by atoms with Crippen LogP contribution in [0, 0.1) is 0 Å². The van der Waals surface area contributed by atoms with E-state index in [4.69, 9.17) is 9.47 Å². The summed E-state index contributed by atoms with van der Waals surface area (Å²) in [7, 11) is 3.30. The molecule has 3 heteroatoms. The fourth-order valence-corrected chi connectivity index (χ4v) is 2.92. The average Bonchev–Trinajstić information content (AvgIpc) is 2.60. The van der Waals surface area contributed by atoms with E-state index >= 15 is 0 Å². The standard InChI is InChI=1S/C19H18O3/c1-21-16-8-6-14(7-9-16)19-15(12-20)4-3-13-5-10-17(22-2)11-18(13)19/h5-12H,3-4H2,1-2H3. The fourth-order valence-electron chi connectivity index (χ4n) is 2.92. The maximum absolute atomic E-state index is 11.5. The number of hydrogen-bond donors (Lipinski definition) is 0. The van der Waals surface area contributed by atoms with Gasteiger partial charge in [0.15, 0.2) is 0 Å². The minimum atomic E-state index is 0.768. The van der Waals surface area contributed by atoms with Crippen LogP contribution in [0.15, 0.2) is 48.0 Å². The number of methoxy groups -OCH3 is 2. The lowest BCUT2D eigenvalue weighted by atomic mass is 9.82.